The van der Waals surface area contributed by atoms with Crippen molar-refractivity contribution in [2.24, 2.45) is 0 Å². The third-order valence-corrected chi connectivity index (χ3v) is 6.47. The summed E-state index contributed by atoms with van der Waals surface area (Å²) in [5.41, 5.74) is -0.409. The summed E-state index contributed by atoms with van der Waals surface area (Å²) in [4.78, 5) is 33.8. The van der Waals surface area contributed by atoms with Crippen LogP contribution in [0, 0.1) is 0 Å². The first kappa shape index (κ1) is 20.0. The molecule has 0 saturated carbocycles. The fraction of sp³-hybridized carbons (Fsp3) is 0.591. The number of benzene rings is 1. The molecule has 1 aromatic carbocycles. The van der Waals surface area contributed by atoms with Gasteiger partial charge >= 0.3 is 0 Å². The van der Waals surface area contributed by atoms with Crippen molar-refractivity contribution < 1.29 is 9.90 Å². The van der Waals surface area contributed by atoms with Gasteiger partial charge in [0.2, 0.25) is 5.91 Å². The summed E-state index contributed by atoms with van der Waals surface area (Å²) in [5, 5.41) is 11.6. The smallest absolute Gasteiger partial charge is 0.261 e. The Morgan fingerprint density at radius 1 is 1.21 bits per heavy atom. The van der Waals surface area contributed by atoms with Gasteiger partial charge in [0.05, 0.1) is 35.9 Å². The average Bonchev–Trinajstić information content (AvgIpc) is 2.72. The molecule has 2 saturated heterocycles. The Labute approximate surface area is 170 Å². The lowest BCUT2D eigenvalue weighted by atomic mass is 9.91. The van der Waals surface area contributed by atoms with E-state index in [0.29, 0.717) is 49.4 Å². The molecule has 1 N–H and O–H groups in total. The zero-order valence-electron chi connectivity index (χ0n) is 17.1. The van der Waals surface area contributed by atoms with Crippen LogP contribution in [0.5, 0.6) is 0 Å². The van der Waals surface area contributed by atoms with Crippen molar-refractivity contribution in [1.82, 2.24) is 19.4 Å². The van der Waals surface area contributed by atoms with Crippen LogP contribution < -0.4 is 5.56 Å². The number of carbonyl (C=O) groups excluding carboxylic acids is 1. The normalized spacial score (nSPS) is 22.7. The molecule has 4 rings (SSSR count). The first-order valence-electron chi connectivity index (χ1n) is 10.6. The monoisotopic (exact) mass is 398 g/mol. The molecular weight excluding hydrogens is 368 g/mol. The highest BCUT2D eigenvalue weighted by Gasteiger charge is 2.34. The van der Waals surface area contributed by atoms with Crippen LogP contribution >= 0.6 is 0 Å². The van der Waals surface area contributed by atoms with Crippen molar-refractivity contribution in [1.29, 1.82) is 0 Å². The highest BCUT2D eigenvalue weighted by atomic mass is 16.3. The van der Waals surface area contributed by atoms with Gasteiger partial charge in [0, 0.05) is 25.7 Å². The van der Waals surface area contributed by atoms with Crippen molar-refractivity contribution in [2.75, 3.05) is 26.2 Å². The first-order chi connectivity index (χ1) is 14.0. The summed E-state index contributed by atoms with van der Waals surface area (Å²) in [5.74, 6) is 0.192. The molecule has 7 heteroatoms. The molecule has 1 aromatic heterocycles. The van der Waals surface area contributed by atoms with E-state index >= 15 is 0 Å². The van der Waals surface area contributed by atoms with E-state index in [2.05, 4.69) is 16.8 Å². The summed E-state index contributed by atoms with van der Waals surface area (Å²) in [6.45, 7) is 4.93. The van der Waals surface area contributed by atoms with E-state index in [1.807, 2.05) is 23.1 Å². The van der Waals surface area contributed by atoms with Crippen molar-refractivity contribution >= 4 is 16.8 Å². The van der Waals surface area contributed by atoms with Crippen LogP contribution in [0.25, 0.3) is 10.9 Å². The van der Waals surface area contributed by atoms with Crippen LogP contribution in [0.1, 0.15) is 39.0 Å². The number of aromatic nitrogens is 2. The second kappa shape index (κ2) is 8.24. The molecule has 0 bridgehead atoms. The lowest BCUT2D eigenvalue weighted by molar-refractivity contribution is -0.137. The van der Waals surface area contributed by atoms with Crippen LogP contribution in [0.2, 0.25) is 0 Å². The number of carbonyl (C=O) groups is 1. The first-order valence-corrected chi connectivity index (χ1v) is 10.6. The maximum atomic E-state index is 12.7. The minimum Gasteiger partial charge on any atom is -0.388 e. The van der Waals surface area contributed by atoms with Gasteiger partial charge in [-0.05, 0) is 51.2 Å². The minimum atomic E-state index is -0.952. The molecule has 0 aliphatic carbocycles. The summed E-state index contributed by atoms with van der Waals surface area (Å²) < 4.78 is 1.51. The molecule has 1 atom stereocenters. The van der Waals surface area contributed by atoms with Crippen LogP contribution in [0.3, 0.4) is 0 Å². The zero-order valence-corrected chi connectivity index (χ0v) is 17.1. The van der Waals surface area contributed by atoms with Gasteiger partial charge in [-0.25, -0.2) is 4.98 Å². The lowest BCUT2D eigenvalue weighted by Crippen LogP contribution is -2.52. The van der Waals surface area contributed by atoms with E-state index in [0.717, 1.165) is 19.4 Å². The van der Waals surface area contributed by atoms with Gasteiger partial charge < -0.3 is 10.0 Å². The maximum absolute atomic E-state index is 12.7. The van der Waals surface area contributed by atoms with Crippen LogP contribution in [0.15, 0.2) is 35.4 Å². The quantitative estimate of drug-likeness (QED) is 0.847. The van der Waals surface area contributed by atoms with Crippen LogP contribution in [0.4, 0.5) is 0 Å². The van der Waals surface area contributed by atoms with E-state index in [4.69, 9.17) is 0 Å². The highest BCUT2D eigenvalue weighted by Crippen LogP contribution is 2.24. The highest BCUT2D eigenvalue weighted by molar-refractivity contribution is 5.78. The molecule has 29 heavy (non-hydrogen) atoms. The number of hydrogen-bond donors (Lipinski definition) is 1. The van der Waals surface area contributed by atoms with Gasteiger partial charge in [0.1, 0.15) is 0 Å². The fourth-order valence-electron chi connectivity index (χ4n) is 4.57. The average molecular weight is 399 g/mol. The number of nitrogens with zero attached hydrogens (tertiary/aromatic N) is 4. The molecule has 3 heterocycles. The summed E-state index contributed by atoms with van der Waals surface area (Å²) >= 11 is 0. The molecule has 1 amide bonds. The van der Waals surface area contributed by atoms with Gasteiger partial charge in [-0.15, -0.1) is 0 Å². The van der Waals surface area contributed by atoms with Crippen molar-refractivity contribution in [3.8, 4) is 0 Å². The Morgan fingerprint density at radius 3 is 2.72 bits per heavy atom. The number of para-hydroxylation sites is 1. The molecule has 0 radical (unpaired) electrons. The van der Waals surface area contributed by atoms with Gasteiger partial charge in [-0.2, -0.15) is 0 Å². The maximum Gasteiger partial charge on any atom is 0.261 e. The largest absolute Gasteiger partial charge is 0.388 e. The standard InChI is InChI=1S/C22H30N4O3/c1-17-6-4-5-11-26(17)20(27)14-24-12-9-22(29,10-13-24)15-25-16-23-19-8-3-2-7-18(19)21(25)28/h2-3,7-8,16-17,29H,4-6,9-15H2,1H3/t17-/m1/s1. The van der Waals surface area contributed by atoms with E-state index in [-0.39, 0.29) is 18.0 Å². The number of aliphatic hydroxyl groups is 1. The van der Waals surface area contributed by atoms with Crippen molar-refractivity contribution in [3.63, 3.8) is 0 Å². The molecule has 156 valence electrons. The number of piperidine rings is 2. The molecule has 0 spiro atoms. The molecule has 7 nitrogen and oxygen atoms in total. The molecule has 0 unspecified atom stereocenters. The van der Waals surface area contributed by atoms with Gasteiger partial charge in [-0.1, -0.05) is 12.1 Å². The van der Waals surface area contributed by atoms with E-state index < -0.39 is 5.60 Å². The second-order valence-electron chi connectivity index (χ2n) is 8.63. The van der Waals surface area contributed by atoms with Gasteiger partial charge in [0.25, 0.3) is 5.56 Å². The predicted octanol–water partition coefficient (Wildman–Crippen LogP) is 1.62. The molecular formula is C22H30N4O3. The Balaban J connectivity index is 1.37. The third-order valence-electron chi connectivity index (χ3n) is 6.47. The molecule has 2 fully saturated rings. The van der Waals surface area contributed by atoms with Crippen molar-refractivity contribution in [3.05, 3.63) is 40.9 Å². The number of amides is 1. The van der Waals surface area contributed by atoms with Crippen molar-refractivity contribution in [2.45, 2.75) is 57.2 Å². The molecule has 2 aliphatic rings. The Kier molecular flexibility index (Phi) is 5.69. The molecule has 2 aromatic rings. The van der Waals surface area contributed by atoms with Crippen LogP contribution in [-0.2, 0) is 11.3 Å². The van der Waals surface area contributed by atoms with Gasteiger partial charge in [0.15, 0.2) is 0 Å². The van der Waals surface area contributed by atoms with Crippen LogP contribution in [-0.4, -0.2) is 68.2 Å². The molecule has 2 aliphatic heterocycles. The third kappa shape index (κ3) is 4.36. The second-order valence-corrected chi connectivity index (χ2v) is 8.63. The predicted molar refractivity (Wildman–Crippen MR) is 112 cm³/mol. The number of rotatable bonds is 4. The fourth-order valence-corrected chi connectivity index (χ4v) is 4.57. The minimum absolute atomic E-state index is 0.124. The van der Waals surface area contributed by atoms with E-state index in [9.17, 15) is 14.7 Å². The van der Waals surface area contributed by atoms with E-state index in [1.165, 1.54) is 17.3 Å². The SMILES string of the molecule is C[C@@H]1CCCCN1C(=O)CN1CCC(O)(Cn2cnc3ccccc3c2=O)CC1. The Morgan fingerprint density at radius 2 is 1.97 bits per heavy atom. The summed E-state index contributed by atoms with van der Waals surface area (Å²) in [7, 11) is 0. The summed E-state index contributed by atoms with van der Waals surface area (Å²) in [6, 6.07) is 7.58. The summed E-state index contributed by atoms with van der Waals surface area (Å²) in [6.07, 6.45) is 5.97. The van der Waals surface area contributed by atoms with Gasteiger partial charge in [-0.3, -0.25) is 19.1 Å². The zero-order chi connectivity index (χ0) is 20.4. The Hall–Kier alpha value is -2.25. The number of hydrogen-bond acceptors (Lipinski definition) is 5. The Bertz CT molecular complexity index is 933. The van der Waals surface area contributed by atoms with E-state index in [1.54, 1.807) is 6.07 Å². The topological polar surface area (TPSA) is 78.7 Å². The number of fused-ring (bicyclic) bond motifs is 1. The lowest BCUT2D eigenvalue weighted by Gasteiger charge is -2.40. The number of likely N-dealkylation sites (tertiary alicyclic amines) is 2.